The highest BCUT2D eigenvalue weighted by molar-refractivity contribution is 7.94. The Kier molecular flexibility index (Phi) is 4.50. The van der Waals surface area contributed by atoms with E-state index in [0.29, 0.717) is 6.42 Å². The zero-order valence-electron chi connectivity index (χ0n) is 9.05. The molecular weight excluding hydrogens is 248 g/mol. The first-order valence-corrected chi connectivity index (χ1v) is 6.78. The van der Waals surface area contributed by atoms with Crippen molar-refractivity contribution in [3.63, 3.8) is 0 Å². The molecule has 3 N–H and O–H groups in total. The molecule has 1 aliphatic rings. The van der Waals surface area contributed by atoms with Crippen molar-refractivity contribution >= 4 is 21.8 Å². The molecule has 0 saturated heterocycles. The molecule has 1 rings (SSSR count). The van der Waals surface area contributed by atoms with Gasteiger partial charge in [0.15, 0.2) is 9.84 Å². The van der Waals surface area contributed by atoms with Crippen LogP contribution in [0.25, 0.3) is 0 Å². The minimum absolute atomic E-state index is 0.0159. The fourth-order valence-electron chi connectivity index (χ4n) is 1.33. The van der Waals surface area contributed by atoms with E-state index in [-0.39, 0.29) is 18.7 Å². The smallest absolute Gasteiger partial charge is 0.315 e. The molecule has 0 radical (unpaired) electrons. The number of urea groups is 1. The zero-order chi connectivity index (χ0) is 12.9. The quantitative estimate of drug-likeness (QED) is 0.576. The Bertz CT molecular complexity index is 429. The molecule has 0 aliphatic carbocycles. The van der Waals surface area contributed by atoms with Gasteiger partial charge in [0.25, 0.3) is 0 Å². The minimum Gasteiger partial charge on any atom is -0.481 e. The van der Waals surface area contributed by atoms with Crippen LogP contribution in [0.5, 0.6) is 0 Å². The molecule has 0 aromatic rings. The minimum atomic E-state index is -3.18. The molecule has 8 heteroatoms. The first-order chi connectivity index (χ1) is 7.89. The molecular formula is C9H14N2O5S. The van der Waals surface area contributed by atoms with Crippen LogP contribution in [0.1, 0.15) is 12.8 Å². The lowest BCUT2D eigenvalue weighted by Crippen LogP contribution is -2.42. The topological polar surface area (TPSA) is 113 Å². The fraction of sp³-hybridized carbons (Fsp3) is 0.556. The van der Waals surface area contributed by atoms with Crippen LogP contribution in [0.3, 0.4) is 0 Å². The molecule has 7 nitrogen and oxygen atoms in total. The van der Waals surface area contributed by atoms with Gasteiger partial charge < -0.3 is 15.7 Å². The summed E-state index contributed by atoms with van der Waals surface area (Å²) in [6.45, 7) is 0.237. The number of hydrogen-bond acceptors (Lipinski definition) is 4. The van der Waals surface area contributed by atoms with Gasteiger partial charge in [-0.05, 0) is 12.5 Å². The Morgan fingerprint density at radius 1 is 1.41 bits per heavy atom. The van der Waals surface area contributed by atoms with Crippen molar-refractivity contribution in [3.8, 4) is 0 Å². The van der Waals surface area contributed by atoms with Gasteiger partial charge in [0.1, 0.15) is 0 Å². The number of nitrogens with one attached hydrogen (secondary N) is 2. The standard InChI is InChI=1S/C9H14N2O5S/c12-8(13)2-1-4-10-9(14)11-7-3-5-17(15,16)6-7/h3,5,7H,1-2,4,6H2,(H,12,13)(H2,10,11,14). The maximum atomic E-state index is 11.3. The third-order valence-electron chi connectivity index (χ3n) is 2.10. The average Bonchev–Trinajstić information content (AvgIpc) is 2.52. The molecule has 1 aliphatic heterocycles. The van der Waals surface area contributed by atoms with Crippen LogP contribution in [0, 0.1) is 0 Å². The van der Waals surface area contributed by atoms with Crippen LogP contribution >= 0.6 is 0 Å². The molecule has 0 aromatic carbocycles. The van der Waals surface area contributed by atoms with Crippen molar-refractivity contribution in [2.75, 3.05) is 12.3 Å². The van der Waals surface area contributed by atoms with E-state index in [4.69, 9.17) is 5.11 Å². The third kappa shape index (κ3) is 5.34. The lowest BCUT2D eigenvalue weighted by Gasteiger charge is -2.10. The van der Waals surface area contributed by atoms with Gasteiger partial charge in [-0.2, -0.15) is 0 Å². The number of rotatable bonds is 5. The number of aliphatic carboxylic acids is 1. The van der Waals surface area contributed by atoms with Crippen LogP contribution in [0.15, 0.2) is 11.5 Å². The van der Waals surface area contributed by atoms with Gasteiger partial charge in [0.05, 0.1) is 11.8 Å². The van der Waals surface area contributed by atoms with Crippen LogP contribution in [-0.2, 0) is 14.6 Å². The number of carbonyl (C=O) groups is 2. The molecule has 0 saturated carbocycles. The van der Waals surface area contributed by atoms with Gasteiger partial charge >= 0.3 is 12.0 Å². The number of sulfone groups is 1. The van der Waals surface area contributed by atoms with E-state index in [1.165, 1.54) is 6.08 Å². The van der Waals surface area contributed by atoms with Crippen LogP contribution in [0.2, 0.25) is 0 Å². The highest BCUT2D eigenvalue weighted by Gasteiger charge is 2.22. The zero-order valence-corrected chi connectivity index (χ0v) is 9.87. The second kappa shape index (κ2) is 5.67. The normalized spacial score (nSPS) is 21.1. The number of hydrogen-bond donors (Lipinski definition) is 3. The van der Waals surface area contributed by atoms with Crippen LogP contribution < -0.4 is 10.6 Å². The maximum absolute atomic E-state index is 11.3. The van der Waals surface area contributed by atoms with Gasteiger partial charge in [-0.1, -0.05) is 0 Å². The Morgan fingerprint density at radius 2 is 2.12 bits per heavy atom. The Balaban J connectivity index is 2.18. The van der Waals surface area contributed by atoms with Gasteiger partial charge in [-0.15, -0.1) is 0 Å². The van der Waals surface area contributed by atoms with Gasteiger partial charge in [0.2, 0.25) is 0 Å². The number of carboxylic acids is 1. The van der Waals surface area contributed by atoms with Crippen molar-refractivity contribution in [1.82, 2.24) is 10.6 Å². The fourth-order valence-corrected chi connectivity index (χ4v) is 2.56. The van der Waals surface area contributed by atoms with E-state index >= 15 is 0 Å². The van der Waals surface area contributed by atoms with Crippen molar-refractivity contribution < 1.29 is 23.1 Å². The third-order valence-corrected chi connectivity index (χ3v) is 3.50. The number of carboxylic acid groups (broad SMARTS) is 1. The summed E-state index contributed by atoms with van der Waals surface area (Å²) in [6, 6.07) is -1.01. The Hall–Kier alpha value is -1.57. The molecule has 0 spiro atoms. The SMILES string of the molecule is O=C(O)CCCNC(=O)NC1C=CS(=O)(=O)C1. The molecule has 17 heavy (non-hydrogen) atoms. The lowest BCUT2D eigenvalue weighted by molar-refractivity contribution is -0.137. The van der Waals surface area contributed by atoms with E-state index in [2.05, 4.69) is 10.6 Å². The second-order valence-corrected chi connectivity index (χ2v) is 5.59. The highest BCUT2D eigenvalue weighted by Crippen LogP contribution is 2.07. The number of carbonyl (C=O) groups excluding carboxylic acids is 1. The Labute approximate surface area is 98.8 Å². The molecule has 0 bridgehead atoms. The monoisotopic (exact) mass is 262 g/mol. The summed E-state index contributed by atoms with van der Waals surface area (Å²) in [6.07, 6.45) is 1.73. The molecule has 1 heterocycles. The van der Waals surface area contributed by atoms with Crippen molar-refractivity contribution in [2.24, 2.45) is 0 Å². The van der Waals surface area contributed by atoms with Crippen LogP contribution in [0.4, 0.5) is 4.79 Å². The van der Waals surface area contributed by atoms with Gasteiger partial charge in [-0.3, -0.25) is 4.79 Å². The van der Waals surface area contributed by atoms with E-state index in [1.807, 2.05) is 0 Å². The van der Waals surface area contributed by atoms with E-state index in [0.717, 1.165) is 5.41 Å². The van der Waals surface area contributed by atoms with Gasteiger partial charge in [-0.25, -0.2) is 13.2 Å². The van der Waals surface area contributed by atoms with E-state index in [9.17, 15) is 18.0 Å². The summed E-state index contributed by atoms with van der Waals surface area (Å²) in [4.78, 5) is 21.4. The lowest BCUT2D eigenvalue weighted by atomic mass is 10.3. The second-order valence-electron chi connectivity index (χ2n) is 3.66. The number of amides is 2. The molecule has 1 unspecified atom stereocenters. The molecule has 0 fully saturated rings. The highest BCUT2D eigenvalue weighted by atomic mass is 32.2. The Morgan fingerprint density at radius 3 is 2.65 bits per heavy atom. The van der Waals surface area contributed by atoms with Crippen molar-refractivity contribution in [3.05, 3.63) is 11.5 Å². The summed E-state index contributed by atoms with van der Waals surface area (Å²) in [7, 11) is -3.18. The summed E-state index contributed by atoms with van der Waals surface area (Å²) in [5, 5.41) is 14.3. The molecule has 1 atom stereocenters. The molecule has 0 aromatic heterocycles. The van der Waals surface area contributed by atoms with Crippen molar-refractivity contribution in [2.45, 2.75) is 18.9 Å². The predicted molar refractivity (Wildman–Crippen MR) is 60.1 cm³/mol. The molecule has 96 valence electrons. The summed E-state index contributed by atoms with van der Waals surface area (Å²) in [5.74, 6) is -1.05. The van der Waals surface area contributed by atoms with Crippen molar-refractivity contribution in [1.29, 1.82) is 0 Å². The molecule has 2 amide bonds. The van der Waals surface area contributed by atoms with E-state index < -0.39 is 27.9 Å². The predicted octanol–water partition coefficient (Wildman–Crippen LogP) is -0.539. The maximum Gasteiger partial charge on any atom is 0.315 e. The van der Waals surface area contributed by atoms with E-state index in [1.54, 1.807) is 0 Å². The first-order valence-electron chi connectivity index (χ1n) is 5.06. The summed E-state index contributed by atoms with van der Waals surface area (Å²) >= 11 is 0. The van der Waals surface area contributed by atoms with Gasteiger partial charge in [0, 0.05) is 18.4 Å². The largest absolute Gasteiger partial charge is 0.481 e. The average molecular weight is 262 g/mol. The van der Waals surface area contributed by atoms with Crippen LogP contribution in [-0.4, -0.2) is 43.9 Å². The summed E-state index contributed by atoms with van der Waals surface area (Å²) < 4.78 is 22.1. The first kappa shape index (κ1) is 13.5. The summed E-state index contributed by atoms with van der Waals surface area (Å²) in [5.41, 5.74) is 0.